The standard InChI is InChI=1S/C14H20ClFN2O.ClH/c1-19-13-4-5-18(12(7-13)8-17)9-10-6-11(16)2-3-14(10)15;/h2-3,6,12-13H,4-5,7-9,17H2,1H3;1H. The minimum Gasteiger partial charge on any atom is -0.381 e. The van der Waals surface area contributed by atoms with E-state index in [0.717, 1.165) is 24.9 Å². The normalized spacial score (nSPS) is 23.4. The molecular formula is C14H21Cl2FN2O. The Kier molecular flexibility index (Phi) is 7.20. The number of piperidine rings is 1. The maximum Gasteiger partial charge on any atom is 0.123 e. The van der Waals surface area contributed by atoms with Crippen LogP contribution in [0.15, 0.2) is 18.2 Å². The summed E-state index contributed by atoms with van der Waals surface area (Å²) in [5, 5.41) is 0.603. The Morgan fingerprint density at radius 1 is 1.50 bits per heavy atom. The average Bonchev–Trinajstić information content (AvgIpc) is 2.43. The van der Waals surface area contributed by atoms with Gasteiger partial charge in [-0.1, -0.05) is 11.6 Å². The molecule has 1 heterocycles. The summed E-state index contributed by atoms with van der Waals surface area (Å²) in [6.45, 7) is 2.11. The summed E-state index contributed by atoms with van der Waals surface area (Å²) in [7, 11) is 1.73. The van der Waals surface area contributed by atoms with Gasteiger partial charge in [0.15, 0.2) is 0 Å². The first-order valence-corrected chi connectivity index (χ1v) is 6.92. The van der Waals surface area contributed by atoms with Crippen molar-refractivity contribution in [2.45, 2.75) is 31.5 Å². The van der Waals surface area contributed by atoms with E-state index in [0.29, 0.717) is 18.1 Å². The zero-order valence-electron chi connectivity index (χ0n) is 11.5. The second kappa shape index (κ2) is 8.15. The minimum absolute atomic E-state index is 0. The van der Waals surface area contributed by atoms with Crippen molar-refractivity contribution >= 4 is 24.0 Å². The van der Waals surface area contributed by atoms with Crippen molar-refractivity contribution in [3.8, 4) is 0 Å². The van der Waals surface area contributed by atoms with Crippen molar-refractivity contribution in [2.24, 2.45) is 5.73 Å². The van der Waals surface area contributed by atoms with Gasteiger partial charge in [-0.2, -0.15) is 0 Å². The van der Waals surface area contributed by atoms with E-state index in [9.17, 15) is 4.39 Å². The number of ether oxygens (including phenoxy) is 1. The van der Waals surface area contributed by atoms with Crippen LogP contribution in [0.25, 0.3) is 0 Å². The van der Waals surface area contributed by atoms with Crippen molar-refractivity contribution in [2.75, 3.05) is 20.2 Å². The molecule has 0 amide bonds. The molecule has 0 spiro atoms. The van der Waals surface area contributed by atoms with Gasteiger partial charge < -0.3 is 10.5 Å². The monoisotopic (exact) mass is 322 g/mol. The van der Waals surface area contributed by atoms with Crippen LogP contribution in [0.3, 0.4) is 0 Å². The van der Waals surface area contributed by atoms with Gasteiger partial charge in [0.05, 0.1) is 6.10 Å². The van der Waals surface area contributed by atoms with E-state index in [1.54, 1.807) is 13.2 Å². The molecule has 2 atom stereocenters. The molecule has 1 aromatic carbocycles. The third-order valence-corrected chi connectivity index (χ3v) is 4.14. The molecule has 0 aliphatic carbocycles. The summed E-state index contributed by atoms with van der Waals surface area (Å²) in [4.78, 5) is 2.26. The smallest absolute Gasteiger partial charge is 0.123 e. The highest BCUT2D eigenvalue weighted by molar-refractivity contribution is 6.31. The number of nitrogens with two attached hydrogens (primary N) is 1. The highest BCUT2D eigenvalue weighted by Gasteiger charge is 2.27. The molecule has 1 saturated heterocycles. The van der Waals surface area contributed by atoms with Crippen molar-refractivity contribution in [1.29, 1.82) is 0 Å². The second-order valence-electron chi connectivity index (χ2n) is 4.98. The van der Waals surface area contributed by atoms with Gasteiger partial charge in [0.25, 0.3) is 0 Å². The second-order valence-corrected chi connectivity index (χ2v) is 5.39. The van der Waals surface area contributed by atoms with Crippen LogP contribution in [0.5, 0.6) is 0 Å². The van der Waals surface area contributed by atoms with Gasteiger partial charge in [0.2, 0.25) is 0 Å². The van der Waals surface area contributed by atoms with E-state index in [1.165, 1.54) is 12.1 Å². The van der Waals surface area contributed by atoms with Crippen molar-refractivity contribution in [3.63, 3.8) is 0 Å². The first-order chi connectivity index (χ1) is 9.13. The summed E-state index contributed by atoms with van der Waals surface area (Å²) in [6, 6.07) is 4.74. The van der Waals surface area contributed by atoms with Gasteiger partial charge in [0, 0.05) is 37.8 Å². The van der Waals surface area contributed by atoms with Crippen LogP contribution in [0.1, 0.15) is 18.4 Å². The van der Waals surface area contributed by atoms with E-state index < -0.39 is 0 Å². The van der Waals surface area contributed by atoms with Crippen LogP contribution in [-0.2, 0) is 11.3 Å². The summed E-state index contributed by atoms with van der Waals surface area (Å²) in [5.41, 5.74) is 6.64. The van der Waals surface area contributed by atoms with E-state index in [4.69, 9.17) is 22.1 Å². The van der Waals surface area contributed by atoms with Gasteiger partial charge in [-0.15, -0.1) is 12.4 Å². The Bertz CT molecular complexity index is 434. The van der Waals surface area contributed by atoms with Gasteiger partial charge in [-0.25, -0.2) is 4.39 Å². The maximum atomic E-state index is 13.3. The number of nitrogens with zero attached hydrogens (tertiary/aromatic N) is 1. The maximum absolute atomic E-state index is 13.3. The zero-order chi connectivity index (χ0) is 13.8. The lowest BCUT2D eigenvalue weighted by Crippen LogP contribution is -2.48. The number of likely N-dealkylation sites (tertiary alicyclic amines) is 1. The van der Waals surface area contributed by atoms with Crippen molar-refractivity contribution < 1.29 is 9.13 Å². The number of methoxy groups -OCH3 is 1. The summed E-state index contributed by atoms with van der Waals surface area (Å²) >= 11 is 6.11. The molecule has 0 radical (unpaired) electrons. The molecule has 1 aliphatic rings. The quantitative estimate of drug-likeness (QED) is 0.926. The fourth-order valence-corrected chi connectivity index (χ4v) is 2.79. The van der Waals surface area contributed by atoms with E-state index >= 15 is 0 Å². The van der Waals surface area contributed by atoms with Gasteiger partial charge >= 0.3 is 0 Å². The Morgan fingerprint density at radius 2 is 2.25 bits per heavy atom. The third-order valence-electron chi connectivity index (χ3n) is 3.78. The fourth-order valence-electron chi connectivity index (χ4n) is 2.61. The van der Waals surface area contributed by atoms with E-state index in [1.807, 2.05) is 0 Å². The van der Waals surface area contributed by atoms with Crippen LogP contribution < -0.4 is 5.73 Å². The number of hydrogen-bond donors (Lipinski definition) is 1. The van der Waals surface area contributed by atoms with Crippen LogP contribution in [0.4, 0.5) is 4.39 Å². The lowest BCUT2D eigenvalue weighted by Gasteiger charge is -2.38. The Labute approximate surface area is 130 Å². The minimum atomic E-state index is -0.254. The molecule has 2 rings (SSSR count). The molecule has 20 heavy (non-hydrogen) atoms. The number of rotatable bonds is 4. The molecule has 1 aromatic rings. The number of benzene rings is 1. The number of halogens is 3. The fraction of sp³-hybridized carbons (Fsp3) is 0.571. The zero-order valence-corrected chi connectivity index (χ0v) is 13.1. The molecule has 0 saturated carbocycles. The van der Waals surface area contributed by atoms with Crippen molar-refractivity contribution in [1.82, 2.24) is 4.90 Å². The van der Waals surface area contributed by atoms with Gasteiger partial charge in [0.1, 0.15) is 5.82 Å². The molecule has 6 heteroatoms. The Morgan fingerprint density at radius 3 is 2.90 bits per heavy atom. The van der Waals surface area contributed by atoms with Crippen LogP contribution in [-0.4, -0.2) is 37.2 Å². The lowest BCUT2D eigenvalue weighted by atomic mass is 9.98. The van der Waals surface area contributed by atoms with Crippen LogP contribution in [0.2, 0.25) is 5.02 Å². The average molecular weight is 323 g/mol. The topological polar surface area (TPSA) is 38.5 Å². The summed E-state index contributed by atoms with van der Waals surface area (Å²) in [6.07, 6.45) is 2.16. The summed E-state index contributed by atoms with van der Waals surface area (Å²) < 4.78 is 18.7. The first kappa shape index (κ1) is 17.7. The molecule has 0 aromatic heterocycles. The number of hydrogen-bond acceptors (Lipinski definition) is 3. The first-order valence-electron chi connectivity index (χ1n) is 6.55. The van der Waals surface area contributed by atoms with Crippen LogP contribution >= 0.6 is 24.0 Å². The Balaban J connectivity index is 0.00000200. The van der Waals surface area contributed by atoms with E-state index in [-0.39, 0.29) is 30.4 Å². The van der Waals surface area contributed by atoms with Crippen LogP contribution in [0, 0.1) is 5.82 Å². The van der Waals surface area contributed by atoms with Crippen molar-refractivity contribution in [3.05, 3.63) is 34.6 Å². The predicted molar refractivity (Wildman–Crippen MR) is 81.9 cm³/mol. The third kappa shape index (κ3) is 4.30. The highest BCUT2D eigenvalue weighted by Crippen LogP contribution is 2.24. The predicted octanol–water partition coefficient (Wildman–Crippen LogP) is 2.84. The molecule has 3 nitrogen and oxygen atoms in total. The molecule has 2 unspecified atom stereocenters. The highest BCUT2D eigenvalue weighted by atomic mass is 35.5. The largest absolute Gasteiger partial charge is 0.381 e. The molecular weight excluding hydrogens is 302 g/mol. The molecule has 114 valence electrons. The Hall–Kier alpha value is -0.390. The molecule has 2 N–H and O–H groups in total. The lowest BCUT2D eigenvalue weighted by molar-refractivity contribution is 0.0102. The molecule has 1 fully saturated rings. The summed E-state index contributed by atoms with van der Waals surface area (Å²) in [5.74, 6) is -0.254. The SMILES string of the molecule is COC1CCN(Cc2cc(F)ccc2Cl)C(CN)C1.Cl. The van der Waals surface area contributed by atoms with E-state index in [2.05, 4.69) is 4.90 Å². The van der Waals surface area contributed by atoms with Gasteiger partial charge in [-0.05, 0) is 36.6 Å². The van der Waals surface area contributed by atoms with Gasteiger partial charge in [-0.3, -0.25) is 4.90 Å². The molecule has 1 aliphatic heterocycles. The molecule has 0 bridgehead atoms.